The summed E-state index contributed by atoms with van der Waals surface area (Å²) in [5.41, 5.74) is 6.38. The molecule has 132 valence electrons. The third kappa shape index (κ3) is 5.24. The van der Waals surface area contributed by atoms with Gasteiger partial charge in [-0.2, -0.15) is 0 Å². The lowest BCUT2D eigenvalue weighted by Crippen LogP contribution is -2.27. The van der Waals surface area contributed by atoms with Crippen LogP contribution in [0, 0.1) is 0 Å². The highest BCUT2D eigenvalue weighted by Gasteiger charge is 2.16. The number of primary amides is 1. The summed E-state index contributed by atoms with van der Waals surface area (Å²) in [6.45, 7) is 4.14. The smallest absolute Gasteiger partial charge is 0.255 e. The minimum atomic E-state index is -0.599. The van der Waals surface area contributed by atoms with Crippen molar-refractivity contribution < 1.29 is 19.1 Å². The van der Waals surface area contributed by atoms with Crippen LogP contribution in [0.3, 0.4) is 0 Å². The van der Waals surface area contributed by atoms with Crippen molar-refractivity contribution >= 4 is 11.8 Å². The highest BCUT2D eigenvalue weighted by atomic mass is 16.5. The van der Waals surface area contributed by atoms with Gasteiger partial charge in [-0.15, -0.1) is 0 Å². The third-order valence-corrected chi connectivity index (χ3v) is 3.54. The highest BCUT2D eigenvalue weighted by Crippen LogP contribution is 2.21. The van der Waals surface area contributed by atoms with Crippen LogP contribution in [0.25, 0.3) is 0 Å². The second kappa shape index (κ2) is 8.73. The Morgan fingerprint density at radius 1 is 1.08 bits per heavy atom. The van der Waals surface area contributed by atoms with E-state index in [9.17, 15) is 9.59 Å². The summed E-state index contributed by atoms with van der Waals surface area (Å²) in [4.78, 5) is 23.4. The Kier molecular flexibility index (Phi) is 6.39. The summed E-state index contributed by atoms with van der Waals surface area (Å²) >= 11 is 0. The van der Waals surface area contributed by atoms with E-state index in [1.54, 1.807) is 24.3 Å². The molecular formula is C19H22N2O4. The summed E-state index contributed by atoms with van der Waals surface area (Å²) in [5.74, 6) is 0.215. The van der Waals surface area contributed by atoms with Crippen molar-refractivity contribution in [3.8, 4) is 11.5 Å². The minimum absolute atomic E-state index is 0.202. The predicted octanol–water partition coefficient (Wildman–Crippen LogP) is 2.44. The number of hydrogen-bond donors (Lipinski definition) is 2. The van der Waals surface area contributed by atoms with Gasteiger partial charge < -0.3 is 20.5 Å². The molecule has 3 N–H and O–H groups in total. The molecule has 0 aliphatic rings. The van der Waals surface area contributed by atoms with Gasteiger partial charge in [-0.3, -0.25) is 9.59 Å². The molecule has 0 bridgehead atoms. The van der Waals surface area contributed by atoms with Crippen molar-refractivity contribution in [3.05, 3.63) is 59.7 Å². The number of amides is 2. The molecule has 0 fully saturated rings. The van der Waals surface area contributed by atoms with E-state index < -0.39 is 5.91 Å². The van der Waals surface area contributed by atoms with Gasteiger partial charge in [-0.25, -0.2) is 0 Å². The number of rotatable bonds is 8. The first kappa shape index (κ1) is 18.3. The molecule has 1 atom stereocenters. The van der Waals surface area contributed by atoms with E-state index in [0.717, 1.165) is 11.3 Å². The number of carbonyl (C=O) groups excluding carboxylic acids is 2. The number of ether oxygens (including phenoxy) is 2. The molecule has 1 unspecified atom stereocenters. The number of hydrogen-bond acceptors (Lipinski definition) is 4. The monoisotopic (exact) mass is 342 g/mol. The molecule has 6 heteroatoms. The number of carbonyl (C=O) groups is 2. The molecule has 0 saturated carbocycles. The lowest BCUT2D eigenvalue weighted by molar-refractivity contribution is -0.119. The molecule has 2 aromatic rings. The average molecular weight is 342 g/mol. The fourth-order valence-electron chi connectivity index (χ4n) is 2.31. The Balaban J connectivity index is 2.07. The summed E-state index contributed by atoms with van der Waals surface area (Å²) < 4.78 is 10.7. The first-order chi connectivity index (χ1) is 12.0. The van der Waals surface area contributed by atoms with Gasteiger partial charge in [0.05, 0.1) is 18.2 Å². The zero-order valence-electron chi connectivity index (χ0n) is 14.3. The van der Waals surface area contributed by atoms with E-state index >= 15 is 0 Å². The van der Waals surface area contributed by atoms with E-state index in [4.69, 9.17) is 15.2 Å². The standard InChI is InChI=1S/C19H22N2O4/c1-3-24-15-10-8-14(9-11-15)13(2)21-19(23)16-6-4-5-7-17(16)25-12-18(20)22/h4-11,13H,3,12H2,1-2H3,(H2,20,22)(H,21,23). The van der Waals surface area contributed by atoms with E-state index in [0.29, 0.717) is 17.9 Å². The van der Waals surface area contributed by atoms with Crippen LogP contribution in [0.1, 0.15) is 35.8 Å². The van der Waals surface area contributed by atoms with E-state index in [2.05, 4.69) is 5.32 Å². The van der Waals surface area contributed by atoms with E-state index in [-0.39, 0.29) is 18.6 Å². The molecule has 25 heavy (non-hydrogen) atoms. The summed E-state index contributed by atoms with van der Waals surface area (Å²) in [6, 6.07) is 14.1. The van der Waals surface area contributed by atoms with Crippen LogP contribution in [0.4, 0.5) is 0 Å². The second-order valence-electron chi connectivity index (χ2n) is 5.45. The summed E-state index contributed by atoms with van der Waals surface area (Å²) in [7, 11) is 0. The predicted molar refractivity (Wildman–Crippen MR) is 94.6 cm³/mol. The maximum Gasteiger partial charge on any atom is 0.255 e. The Labute approximate surface area is 146 Å². The fourth-order valence-corrected chi connectivity index (χ4v) is 2.31. The van der Waals surface area contributed by atoms with Gasteiger partial charge in [0.2, 0.25) is 0 Å². The van der Waals surface area contributed by atoms with Crippen molar-refractivity contribution in [2.45, 2.75) is 19.9 Å². The molecule has 0 radical (unpaired) electrons. The maximum absolute atomic E-state index is 12.5. The van der Waals surface area contributed by atoms with Gasteiger partial charge in [0.15, 0.2) is 6.61 Å². The number of nitrogens with two attached hydrogens (primary N) is 1. The van der Waals surface area contributed by atoms with Gasteiger partial charge in [0.25, 0.3) is 11.8 Å². The Morgan fingerprint density at radius 2 is 1.76 bits per heavy atom. The fraction of sp³-hybridized carbons (Fsp3) is 0.263. The van der Waals surface area contributed by atoms with Crippen LogP contribution < -0.4 is 20.5 Å². The minimum Gasteiger partial charge on any atom is -0.494 e. The number of benzene rings is 2. The van der Waals surface area contributed by atoms with E-state index in [1.165, 1.54) is 0 Å². The Morgan fingerprint density at radius 3 is 2.40 bits per heavy atom. The third-order valence-electron chi connectivity index (χ3n) is 3.54. The van der Waals surface area contributed by atoms with Crippen molar-refractivity contribution in [1.29, 1.82) is 0 Å². The molecule has 2 amide bonds. The lowest BCUT2D eigenvalue weighted by atomic mass is 10.1. The first-order valence-corrected chi connectivity index (χ1v) is 8.05. The SMILES string of the molecule is CCOc1ccc(C(C)NC(=O)c2ccccc2OCC(N)=O)cc1. The molecule has 2 rings (SSSR count). The van der Waals surface area contributed by atoms with Gasteiger partial charge in [-0.1, -0.05) is 24.3 Å². The Bertz CT molecular complexity index is 728. The van der Waals surface area contributed by atoms with Gasteiger partial charge >= 0.3 is 0 Å². The van der Waals surface area contributed by atoms with Gasteiger partial charge in [-0.05, 0) is 43.7 Å². The molecule has 2 aromatic carbocycles. The second-order valence-corrected chi connectivity index (χ2v) is 5.45. The van der Waals surface area contributed by atoms with Crippen LogP contribution in [0.2, 0.25) is 0 Å². The normalized spacial score (nSPS) is 11.4. The van der Waals surface area contributed by atoms with Gasteiger partial charge in [0.1, 0.15) is 11.5 Å². The molecule has 6 nitrogen and oxygen atoms in total. The van der Waals surface area contributed by atoms with Crippen molar-refractivity contribution in [3.63, 3.8) is 0 Å². The first-order valence-electron chi connectivity index (χ1n) is 8.05. The van der Waals surface area contributed by atoms with Gasteiger partial charge in [0, 0.05) is 0 Å². The number of nitrogens with one attached hydrogen (secondary N) is 1. The van der Waals surface area contributed by atoms with Crippen molar-refractivity contribution in [2.24, 2.45) is 5.73 Å². The molecule has 0 aromatic heterocycles. The molecule has 0 aliphatic heterocycles. The molecule has 0 aliphatic carbocycles. The van der Waals surface area contributed by atoms with Crippen LogP contribution in [-0.2, 0) is 4.79 Å². The quantitative estimate of drug-likeness (QED) is 0.771. The topological polar surface area (TPSA) is 90.7 Å². The zero-order valence-corrected chi connectivity index (χ0v) is 14.3. The maximum atomic E-state index is 12.5. The molecule has 0 heterocycles. The summed E-state index contributed by atoms with van der Waals surface area (Å²) in [5, 5.41) is 2.92. The summed E-state index contributed by atoms with van der Waals surface area (Å²) in [6.07, 6.45) is 0. The zero-order chi connectivity index (χ0) is 18.2. The van der Waals surface area contributed by atoms with Crippen LogP contribution in [0.5, 0.6) is 11.5 Å². The lowest BCUT2D eigenvalue weighted by Gasteiger charge is -2.16. The molecule has 0 spiro atoms. The van der Waals surface area contributed by atoms with E-state index in [1.807, 2.05) is 38.1 Å². The van der Waals surface area contributed by atoms with Crippen LogP contribution >= 0.6 is 0 Å². The highest BCUT2D eigenvalue weighted by molar-refractivity contribution is 5.97. The van der Waals surface area contributed by atoms with Crippen LogP contribution in [-0.4, -0.2) is 25.0 Å². The largest absolute Gasteiger partial charge is 0.494 e. The average Bonchev–Trinajstić information content (AvgIpc) is 2.61. The molecular weight excluding hydrogens is 320 g/mol. The van der Waals surface area contributed by atoms with Crippen molar-refractivity contribution in [2.75, 3.05) is 13.2 Å². The van der Waals surface area contributed by atoms with Crippen LogP contribution in [0.15, 0.2) is 48.5 Å². The molecule has 0 saturated heterocycles. The Hall–Kier alpha value is -3.02. The number of para-hydroxylation sites is 1. The van der Waals surface area contributed by atoms with Crippen molar-refractivity contribution in [1.82, 2.24) is 5.32 Å².